The van der Waals surface area contributed by atoms with E-state index in [0.29, 0.717) is 0 Å². The molecule has 0 aliphatic rings. The standard InChI is InChI=1S/C16H15NO6/c1-10-12(16(18)19)8-13(22-2)15(14(10)17(20)21)23-9-11-6-4-3-5-7-11/h3-8H,9H2,1-2H3,(H,18,19). The lowest BCUT2D eigenvalue weighted by molar-refractivity contribution is -0.386. The monoisotopic (exact) mass is 317 g/mol. The summed E-state index contributed by atoms with van der Waals surface area (Å²) < 4.78 is 10.6. The highest BCUT2D eigenvalue weighted by atomic mass is 16.6. The van der Waals surface area contributed by atoms with Crippen molar-refractivity contribution in [3.63, 3.8) is 0 Å². The van der Waals surface area contributed by atoms with Gasteiger partial charge in [0, 0.05) is 5.56 Å². The number of nitro benzene ring substituents is 1. The topological polar surface area (TPSA) is 98.9 Å². The zero-order valence-electron chi connectivity index (χ0n) is 12.6. The van der Waals surface area contributed by atoms with Gasteiger partial charge in [-0.3, -0.25) is 10.1 Å². The molecule has 2 aromatic carbocycles. The van der Waals surface area contributed by atoms with Gasteiger partial charge in [-0.05, 0) is 18.6 Å². The minimum absolute atomic E-state index is 0.00984. The van der Waals surface area contributed by atoms with Crippen LogP contribution in [0.5, 0.6) is 11.5 Å². The van der Waals surface area contributed by atoms with Crippen LogP contribution in [-0.2, 0) is 6.61 Å². The number of carboxylic acids is 1. The summed E-state index contributed by atoms with van der Waals surface area (Å²) in [6.45, 7) is 1.47. The summed E-state index contributed by atoms with van der Waals surface area (Å²) in [6, 6.07) is 10.4. The van der Waals surface area contributed by atoms with Gasteiger partial charge < -0.3 is 14.6 Å². The van der Waals surface area contributed by atoms with E-state index >= 15 is 0 Å². The molecule has 0 saturated carbocycles. The van der Waals surface area contributed by atoms with Crippen LogP contribution < -0.4 is 9.47 Å². The van der Waals surface area contributed by atoms with E-state index in [1.807, 2.05) is 30.3 Å². The van der Waals surface area contributed by atoms with Crippen LogP contribution in [0.1, 0.15) is 21.5 Å². The van der Waals surface area contributed by atoms with E-state index < -0.39 is 16.6 Å². The van der Waals surface area contributed by atoms with E-state index in [2.05, 4.69) is 0 Å². The van der Waals surface area contributed by atoms with Crippen molar-refractivity contribution in [3.05, 3.63) is 63.2 Å². The number of aromatic carboxylic acids is 1. The van der Waals surface area contributed by atoms with Crippen LogP contribution in [0.4, 0.5) is 5.69 Å². The average molecular weight is 317 g/mol. The van der Waals surface area contributed by atoms with Gasteiger partial charge >= 0.3 is 11.7 Å². The first-order valence-corrected chi connectivity index (χ1v) is 6.71. The molecule has 0 saturated heterocycles. The first-order valence-electron chi connectivity index (χ1n) is 6.71. The highest BCUT2D eigenvalue weighted by Crippen LogP contribution is 2.41. The lowest BCUT2D eigenvalue weighted by Crippen LogP contribution is -2.08. The molecule has 7 nitrogen and oxygen atoms in total. The van der Waals surface area contributed by atoms with Crippen LogP contribution in [0.25, 0.3) is 0 Å². The SMILES string of the molecule is COc1cc(C(=O)O)c(C)c([N+](=O)[O-])c1OCc1ccccc1. The summed E-state index contributed by atoms with van der Waals surface area (Å²) in [6.07, 6.45) is 0. The zero-order chi connectivity index (χ0) is 17.0. The number of rotatable bonds is 6. The molecule has 7 heteroatoms. The van der Waals surface area contributed by atoms with Crippen molar-refractivity contribution in [2.24, 2.45) is 0 Å². The number of hydrogen-bond donors (Lipinski definition) is 1. The number of carboxylic acid groups (broad SMARTS) is 1. The quantitative estimate of drug-likeness (QED) is 0.649. The molecule has 23 heavy (non-hydrogen) atoms. The molecule has 2 aromatic rings. The Labute approximate surface area is 132 Å². The number of carbonyl (C=O) groups is 1. The van der Waals surface area contributed by atoms with Crippen LogP contribution in [0.15, 0.2) is 36.4 Å². The fraction of sp³-hybridized carbons (Fsp3) is 0.188. The second-order valence-corrected chi connectivity index (χ2v) is 4.77. The van der Waals surface area contributed by atoms with Crippen LogP contribution >= 0.6 is 0 Å². The molecule has 2 rings (SSSR count). The van der Waals surface area contributed by atoms with Crippen molar-refractivity contribution in [1.29, 1.82) is 0 Å². The van der Waals surface area contributed by atoms with E-state index in [1.54, 1.807) is 0 Å². The minimum Gasteiger partial charge on any atom is -0.493 e. The predicted octanol–water partition coefficient (Wildman–Crippen LogP) is 3.19. The maximum atomic E-state index is 11.4. The molecule has 0 heterocycles. The molecule has 0 bridgehead atoms. The van der Waals surface area contributed by atoms with Gasteiger partial charge in [0.1, 0.15) is 6.61 Å². The molecule has 0 atom stereocenters. The zero-order valence-corrected chi connectivity index (χ0v) is 12.6. The van der Waals surface area contributed by atoms with Gasteiger partial charge in [-0.25, -0.2) is 4.79 Å². The van der Waals surface area contributed by atoms with Crippen molar-refractivity contribution in [3.8, 4) is 11.5 Å². The molecule has 0 aliphatic heterocycles. The van der Waals surface area contributed by atoms with Gasteiger partial charge in [0.2, 0.25) is 5.75 Å². The molecular weight excluding hydrogens is 302 g/mol. The largest absolute Gasteiger partial charge is 0.493 e. The Morgan fingerprint density at radius 1 is 1.30 bits per heavy atom. The molecule has 1 N–H and O–H groups in total. The van der Waals surface area contributed by atoms with Gasteiger partial charge in [-0.15, -0.1) is 0 Å². The minimum atomic E-state index is -1.27. The van der Waals surface area contributed by atoms with Crippen molar-refractivity contribution >= 4 is 11.7 Å². The molecule has 120 valence electrons. The first kappa shape index (κ1) is 16.3. The summed E-state index contributed by atoms with van der Waals surface area (Å²) in [5.74, 6) is -1.34. The Balaban J connectivity index is 2.50. The third-order valence-electron chi connectivity index (χ3n) is 3.33. The number of nitro groups is 1. The van der Waals surface area contributed by atoms with Crippen LogP contribution in [0.3, 0.4) is 0 Å². The van der Waals surface area contributed by atoms with E-state index in [1.165, 1.54) is 20.1 Å². The van der Waals surface area contributed by atoms with Crippen LogP contribution in [0, 0.1) is 17.0 Å². The van der Waals surface area contributed by atoms with E-state index in [9.17, 15) is 20.0 Å². The highest BCUT2D eigenvalue weighted by Gasteiger charge is 2.29. The van der Waals surface area contributed by atoms with Gasteiger partial charge in [0.15, 0.2) is 5.75 Å². The maximum absolute atomic E-state index is 11.4. The first-order chi connectivity index (χ1) is 11.0. The summed E-state index contributed by atoms with van der Waals surface area (Å²) in [4.78, 5) is 21.9. The van der Waals surface area contributed by atoms with E-state index in [-0.39, 0.29) is 29.2 Å². The second kappa shape index (κ2) is 6.78. The van der Waals surface area contributed by atoms with Gasteiger partial charge in [-0.1, -0.05) is 30.3 Å². The molecule has 0 amide bonds. The molecular formula is C16H15NO6. The number of ether oxygens (including phenoxy) is 2. The summed E-state index contributed by atoms with van der Waals surface area (Å²) >= 11 is 0. The molecule has 0 unspecified atom stereocenters. The van der Waals surface area contributed by atoms with Gasteiger partial charge in [0.25, 0.3) is 0 Å². The van der Waals surface area contributed by atoms with E-state index in [0.717, 1.165) is 5.56 Å². The summed E-state index contributed by atoms with van der Waals surface area (Å²) in [7, 11) is 1.30. The Kier molecular flexibility index (Phi) is 4.80. The number of hydrogen-bond acceptors (Lipinski definition) is 5. The van der Waals surface area contributed by atoms with Crippen molar-refractivity contribution in [2.45, 2.75) is 13.5 Å². The van der Waals surface area contributed by atoms with Crippen LogP contribution in [-0.4, -0.2) is 23.1 Å². The van der Waals surface area contributed by atoms with Gasteiger partial charge in [-0.2, -0.15) is 0 Å². The fourth-order valence-corrected chi connectivity index (χ4v) is 2.18. The lowest BCUT2D eigenvalue weighted by Gasteiger charge is -2.14. The predicted molar refractivity (Wildman–Crippen MR) is 82.1 cm³/mol. The normalized spacial score (nSPS) is 10.2. The number of benzene rings is 2. The van der Waals surface area contributed by atoms with Crippen molar-refractivity contribution in [1.82, 2.24) is 0 Å². The summed E-state index contributed by atoms with van der Waals surface area (Å²) in [5, 5.41) is 20.5. The third kappa shape index (κ3) is 3.39. The molecule has 0 spiro atoms. The molecule has 0 radical (unpaired) electrons. The summed E-state index contributed by atoms with van der Waals surface area (Å²) in [5.41, 5.74) is 0.244. The van der Waals surface area contributed by atoms with Gasteiger partial charge in [0.05, 0.1) is 17.6 Å². The smallest absolute Gasteiger partial charge is 0.336 e. The third-order valence-corrected chi connectivity index (χ3v) is 3.33. The Hall–Kier alpha value is -3.09. The maximum Gasteiger partial charge on any atom is 0.336 e. The highest BCUT2D eigenvalue weighted by molar-refractivity contribution is 5.92. The molecule has 0 aromatic heterocycles. The molecule has 0 aliphatic carbocycles. The Morgan fingerprint density at radius 2 is 1.96 bits per heavy atom. The lowest BCUT2D eigenvalue weighted by atomic mass is 10.1. The Bertz CT molecular complexity index is 742. The number of methoxy groups -OCH3 is 1. The second-order valence-electron chi connectivity index (χ2n) is 4.77. The average Bonchev–Trinajstić information content (AvgIpc) is 2.53. The fourth-order valence-electron chi connectivity index (χ4n) is 2.18. The molecule has 0 fully saturated rings. The van der Waals surface area contributed by atoms with Crippen LogP contribution in [0.2, 0.25) is 0 Å². The number of nitrogens with zero attached hydrogens (tertiary/aromatic N) is 1. The van der Waals surface area contributed by atoms with Crippen molar-refractivity contribution in [2.75, 3.05) is 7.11 Å². The van der Waals surface area contributed by atoms with E-state index in [4.69, 9.17) is 9.47 Å². The Morgan fingerprint density at radius 3 is 2.48 bits per heavy atom. The van der Waals surface area contributed by atoms with Crippen molar-refractivity contribution < 1.29 is 24.3 Å².